The van der Waals surface area contributed by atoms with E-state index >= 15 is 0 Å². The Morgan fingerprint density at radius 2 is 1.90 bits per heavy atom. The number of aliphatic hydroxyl groups is 1. The average Bonchev–Trinajstić information content (AvgIpc) is 2.76. The van der Waals surface area contributed by atoms with Gasteiger partial charge in [0.15, 0.2) is 0 Å². The van der Waals surface area contributed by atoms with Crippen molar-refractivity contribution in [2.24, 2.45) is 28.6 Å². The van der Waals surface area contributed by atoms with Gasteiger partial charge in [-0.05, 0) is 80.0 Å². The lowest BCUT2D eigenvalue weighted by molar-refractivity contribution is -0.0658. The predicted molar refractivity (Wildman–Crippen MR) is 90.4 cm³/mol. The summed E-state index contributed by atoms with van der Waals surface area (Å²) in [4.78, 5) is 0.704. The Morgan fingerprint density at radius 1 is 1.10 bits per heavy atom. The van der Waals surface area contributed by atoms with Gasteiger partial charge in [-0.1, -0.05) is 41.4 Å². The Labute approximate surface area is 137 Å². The second-order valence-electron chi connectivity index (χ2n) is 8.74. The van der Waals surface area contributed by atoms with E-state index in [2.05, 4.69) is 35.9 Å². The maximum absolute atomic E-state index is 10.5. The van der Waals surface area contributed by atoms with E-state index in [1.54, 1.807) is 5.57 Å². The van der Waals surface area contributed by atoms with Crippen molar-refractivity contribution in [2.75, 3.05) is 0 Å². The molecule has 4 aliphatic carbocycles. The molecule has 0 saturated heterocycles. The lowest BCUT2D eigenvalue weighted by Crippen LogP contribution is -2.50. The maximum atomic E-state index is 10.5. The molecule has 0 heterocycles. The summed E-state index contributed by atoms with van der Waals surface area (Å²) >= 11 is 3.85. The molecule has 1 N–H and O–H groups in total. The minimum absolute atomic E-state index is 0.0417. The van der Waals surface area contributed by atoms with Gasteiger partial charge in [0.1, 0.15) is 0 Å². The molecule has 1 nitrogen and oxygen atoms in total. The van der Waals surface area contributed by atoms with Crippen molar-refractivity contribution >= 4 is 15.9 Å². The molecule has 4 rings (SSSR count). The SMILES string of the molecule is C[C@]12CC[C@H]3[C@@H](CC=C4CC(Br)CC[C@@]43C)[C@@H]1CC[C@@H]2O. The molecule has 0 radical (unpaired) electrons. The van der Waals surface area contributed by atoms with E-state index < -0.39 is 0 Å². The van der Waals surface area contributed by atoms with Crippen LogP contribution in [0.1, 0.15) is 65.2 Å². The van der Waals surface area contributed by atoms with Crippen LogP contribution in [0.5, 0.6) is 0 Å². The van der Waals surface area contributed by atoms with Gasteiger partial charge in [0.25, 0.3) is 0 Å². The van der Waals surface area contributed by atoms with E-state index in [4.69, 9.17) is 0 Å². The highest BCUT2D eigenvalue weighted by atomic mass is 79.9. The summed E-state index contributed by atoms with van der Waals surface area (Å²) in [5.74, 6) is 2.48. The second-order valence-corrected chi connectivity index (χ2v) is 10.0. The molecule has 118 valence electrons. The number of halogens is 1. The third kappa shape index (κ3) is 1.97. The molecular formula is C19H29BrO. The van der Waals surface area contributed by atoms with E-state index in [-0.39, 0.29) is 11.5 Å². The number of aliphatic hydroxyl groups excluding tert-OH is 1. The fourth-order valence-corrected chi connectivity index (χ4v) is 7.17. The van der Waals surface area contributed by atoms with E-state index in [1.807, 2.05) is 0 Å². The summed E-state index contributed by atoms with van der Waals surface area (Å²) in [6.07, 6.45) is 12.7. The molecule has 0 amide bonds. The summed E-state index contributed by atoms with van der Waals surface area (Å²) in [6, 6.07) is 0. The zero-order valence-corrected chi connectivity index (χ0v) is 15.0. The predicted octanol–water partition coefficient (Wildman–Crippen LogP) is 5.07. The minimum Gasteiger partial charge on any atom is -0.393 e. The summed E-state index contributed by atoms with van der Waals surface area (Å²) in [6.45, 7) is 4.94. The molecule has 7 atom stereocenters. The van der Waals surface area contributed by atoms with Crippen LogP contribution in [0.2, 0.25) is 0 Å². The first-order valence-electron chi connectivity index (χ1n) is 8.97. The summed E-state index contributed by atoms with van der Waals surface area (Å²) in [7, 11) is 0. The molecule has 3 saturated carbocycles. The van der Waals surface area contributed by atoms with Gasteiger partial charge in [-0.15, -0.1) is 0 Å². The Balaban J connectivity index is 1.68. The van der Waals surface area contributed by atoms with Crippen molar-refractivity contribution in [3.8, 4) is 0 Å². The average molecular weight is 353 g/mol. The molecular weight excluding hydrogens is 324 g/mol. The van der Waals surface area contributed by atoms with Crippen LogP contribution in [0.4, 0.5) is 0 Å². The molecule has 0 aliphatic heterocycles. The van der Waals surface area contributed by atoms with Crippen LogP contribution < -0.4 is 0 Å². The van der Waals surface area contributed by atoms with Crippen LogP contribution in [0, 0.1) is 28.6 Å². The molecule has 0 spiro atoms. The number of hydrogen-bond donors (Lipinski definition) is 1. The van der Waals surface area contributed by atoms with Gasteiger partial charge in [0, 0.05) is 4.83 Å². The molecule has 21 heavy (non-hydrogen) atoms. The van der Waals surface area contributed by atoms with Gasteiger partial charge < -0.3 is 5.11 Å². The van der Waals surface area contributed by atoms with Gasteiger partial charge in [0.05, 0.1) is 6.10 Å². The third-order valence-corrected chi connectivity index (χ3v) is 8.78. The van der Waals surface area contributed by atoms with Crippen LogP contribution >= 0.6 is 15.9 Å². The van der Waals surface area contributed by atoms with Crippen molar-refractivity contribution in [1.82, 2.24) is 0 Å². The molecule has 4 aliphatic rings. The highest BCUT2D eigenvalue weighted by Gasteiger charge is 2.58. The Kier molecular flexibility index (Phi) is 3.40. The first-order valence-corrected chi connectivity index (χ1v) is 9.88. The van der Waals surface area contributed by atoms with Crippen LogP contribution in [-0.4, -0.2) is 16.0 Å². The Hall–Kier alpha value is 0.180. The van der Waals surface area contributed by atoms with E-state index in [0.29, 0.717) is 10.2 Å². The van der Waals surface area contributed by atoms with Gasteiger partial charge in [-0.3, -0.25) is 0 Å². The van der Waals surface area contributed by atoms with Gasteiger partial charge >= 0.3 is 0 Å². The number of rotatable bonds is 0. The lowest BCUT2D eigenvalue weighted by Gasteiger charge is -2.57. The number of fused-ring (bicyclic) bond motifs is 5. The first kappa shape index (κ1) is 14.8. The highest BCUT2D eigenvalue weighted by molar-refractivity contribution is 9.09. The zero-order valence-electron chi connectivity index (χ0n) is 13.4. The van der Waals surface area contributed by atoms with E-state index in [9.17, 15) is 5.11 Å². The maximum Gasteiger partial charge on any atom is 0.0596 e. The number of alkyl halides is 1. The quantitative estimate of drug-likeness (QED) is 0.476. The normalized spacial score (nSPS) is 56.2. The van der Waals surface area contributed by atoms with E-state index in [0.717, 1.165) is 24.2 Å². The fourth-order valence-electron chi connectivity index (χ4n) is 6.59. The van der Waals surface area contributed by atoms with Crippen LogP contribution in [0.15, 0.2) is 11.6 Å². The van der Waals surface area contributed by atoms with E-state index in [1.165, 1.54) is 44.9 Å². The third-order valence-electron chi connectivity index (χ3n) is 7.99. The van der Waals surface area contributed by atoms with Crippen LogP contribution in [0.3, 0.4) is 0 Å². The highest BCUT2D eigenvalue weighted by Crippen LogP contribution is 2.65. The fraction of sp³-hybridized carbons (Fsp3) is 0.895. The van der Waals surface area contributed by atoms with Gasteiger partial charge in [-0.25, -0.2) is 0 Å². The van der Waals surface area contributed by atoms with Crippen molar-refractivity contribution in [3.05, 3.63) is 11.6 Å². The topological polar surface area (TPSA) is 20.2 Å². The number of hydrogen-bond acceptors (Lipinski definition) is 1. The summed E-state index contributed by atoms with van der Waals surface area (Å²) < 4.78 is 0. The molecule has 1 unspecified atom stereocenters. The summed E-state index contributed by atoms with van der Waals surface area (Å²) in [5, 5.41) is 10.5. The monoisotopic (exact) mass is 352 g/mol. The van der Waals surface area contributed by atoms with Crippen molar-refractivity contribution in [3.63, 3.8) is 0 Å². The molecule has 0 aromatic heterocycles. The molecule has 0 aromatic carbocycles. The van der Waals surface area contributed by atoms with Crippen molar-refractivity contribution in [2.45, 2.75) is 76.1 Å². The standard InChI is InChI=1S/C19H29BrO/c1-18-9-7-13(20)11-12(18)3-4-14-15-5-6-17(21)19(15,2)10-8-16(14)18/h3,13-17,21H,4-11H2,1-2H3/t13?,14-,15-,16-,17-,18-,19-/m0/s1. The van der Waals surface area contributed by atoms with Gasteiger partial charge in [-0.2, -0.15) is 0 Å². The van der Waals surface area contributed by atoms with Crippen molar-refractivity contribution < 1.29 is 5.11 Å². The summed E-state index contributed by atoms with van der Waals surface area (Å²) in [5.41, 5.74) is 2.43. The number of allylic oxidation sites excluding steroid dienone is 2. The largest absolute Gasteiger partial charge is 0.393 e. The minimum atomic E-state index is -0.0417. The van der Waals surface area contributed by atoms with Gasteiger partial charge in [0.2, 0.25) is 0 Å². The first-order chi connectivity index (χ1) is 9.95. The molecule has 0 bridgehead atoms. The second kappa shape index (κ2) is 4.84. The lowest BCUT2D eigenvalue weighted by atomic mass is 9.48. The van der Waals surface area contributed by atoms with Crippen LogP contribution in [0.25, 0.3) is 0 Å². The molecule has 3 fully saturated rings. The molecule has 2 heteroatoms. The van der Waals surface area contributed by atoms with Crippen LogP contribution in [-0.2, 0) is 0 Å². The van der Waals surface area contributed by atoms with Crippen molar-refractivity contribution in [1.29, 1.82) is 0 Å². The Bertz CT molecular complexity index is 472. The Morgan fingerprint density at radius 3 is 2.71 bits per heavy atom. The smallest absolute Gasteiger partial charge is 0.0596 e. The molecule has 0 aromatic rings. The zero-order chi connectivity index (χ0) is 14.8.